The molecule has 1 aliphatic heterocycles. The number of carbonyl (C=O) groups is 1. The van der Waals surface area contributed by atoms with Crippen LogP contribution in [0.4, 0.5) is 11.4 Å². The van der Waals surface area contributed by atoms with E-state index < -0.39 is 20.9 Å². The second kappa shape index (κ2) is 8.65. The summed E-state index contributed by atoms with van der Waals surface area (Å²) in [7, 11) is -2.21. The molecule has 12 heteroatoms. The van der Waals surface area contributed by atoms with Gasteiger partial charge >= 0.3 is 0 Å². The van der Waals surface area contributed by atoms with E-state index >= 15 is 0 Å². The van der Waals surface area contributed by atoms with Gasteiger partial charge in [0.2, 0.25) is 10.0 Å². The first-order valence-corrected chi connectivity index (χ1v) is 10.3. The Bertz CT molecular complexity index is 1050. The molecule has 0 saturated carbocycles. The van der Waals surface area contributed by atoms with E-state index in [1.54, 1.807) is 17.0 Å². The number of hydroxylamine groups is 1. The van der Waals surface area contributed by atoms with Crippen molar-refractivity contribution in [3.8, 4) is 5.75 Å². The van der Waals surface area contributed by atoms with Gasteiger partial charge in [0.1, 0.15) is 11.4 Å². The van der Waals surface area contributed by atoms with Gasteiger partial charge in [0.25, 0.3) is 11.6 Å². The van der Waals surface area contributed by atoms with Crippen LogP contribution in [0, 0.1) is 10.1 Å². The number of piperazine rings is 1. The molecule has 1 fully saturated rings. The van der Waals surface area contributed by atoms with Crippen molar-refractivity contribution in [2.45, 2.75) is 4.90 Å². The van der Waals surface area contributed by atoms with Crippen LogP contribution in [-0.4, -0.2) is 62.0 Å². The van der Waals surface area contributed by atoms with Crippen LogP contribution in [0.25, 0.3) is 0 Å². The number of rotatable bonds is 6. The predicted molar refractivity (Wildman–Crippen MR) is 106 cm³/mol. The minimum atomic E-state index is -3.70. The molecule has 1 saturated heterocycles. The first kappa shape index (κ1) is 21.5. The number of ether oxygens (including phenoxy) is 1. The second-order valence-electron chi connectivity index (χ2n) is 6.47. The van der Waals surface area contributed by atoms with Crippen LogP contribution in [-0.2, 0) is 10.0 Å². The number of amides is 1. The SMILES string of the molecule is COc1ccc(S(=O)(=O)N2CCN(c3ccc(C(=O)NO)cc3[N+](=O)[O-])CC2)cc1. The van der Waals surface area contributed by atoms with Crippen LogP contribution in [0.3, 0.4) is 0 Å². The fraction of sp³-hybridized carbons (Fsp3) is 0.278. The van der Waals surface area contributed by atoms with E-state index in [1.807, 2.05) is 0 Å². The van der Waals surface area contributed by atoms with E-state index in [0.29, 0.717) is 5.75 Å². The molecule has 11 nitrogen and oxygen atoms in total. The quantitative estimate of drug-likeness (QED) is 0.391. The van der Waals surface area contributed by atoms with E-state index in [9.17, 15) is 23.3 Å². The van der Waals surface area contributed by atoms with Crippen molar-refractivity contribution in [1.29, 1.82) is 0 Å². The molecule has 1 aliphatic rings. The minimum Gasteiger partial charge on any atom is -0.497 e. The molecule has 1 amide bonds. The topological polar surface area (TPSA) is 142 Å². The highest BCUT2D eigenvalue weighted by molar-refractivity contribution is 7.89. The van der Waals surface area contributed by atoms with Gasteiger partial charge in [0.15, 0.2) is 0 Å². The zero-order valence-corrected chi connectivity index (χ0v) is 16.8. The maximum Gasteiger partial charge on any atom is 0.293 e. The Morgan fingerprint density at radius 2 is 1.77 bits per heavy atom. The van der Waals surface area contributed by atoms with Gasteiger partial charge in [-0.1, -0.05) is 0 Å². The zero-order valence-electron chi connectivity index (χ0n) is 16.0. The van der Waals surface area contributed by atoms with Crippen LogP contribution in [0.15, 0.2) is 47.4 Å². The Morgan fingerprint density at radius 1 is 1.13 bits per heavy atom. The van der Waals surface area contributed by atoms with Crippen LogP contribution < -0.4 is 15.1 Å². The summed E-state index contributed by atoms with van der Waals surface area (Å²) < 4.78 is 32.1. The molecule has 0 aliphatic carbocycles. The molecule has 1 heterocycles. The molecule has 0 unspecified atom stereocenters. The summed E-state index contributed by atoms with van der Waals surface area (Å²) in [6, 6.07) is 9.91. The summed E-state index contributed by atoms with van der Waals surface area (Å²) in [6.07, 6.45) is 0. The normalized spacial score (nSPS) is 14.9. The van der Waals surface area contributed by atoms with Gasteiger partial charge in [0, 0.05) is 37.8 Å². The van der Waals surface area contributed by atoms with Crippen molar-refractivity contribution >= 4 is 27.3 Å². The monoisotopic (exact) mass is 436 g/mol. The molecule has 0 spiro atoms. The third-order valence-corrected chi connectivity index (χ3v) is 6.73. The number of sulfonamides is 1. The largest absolute Gasteiger partial charge is 0.497 e. The number of nitro groups is 1. The Morgan fingerprint density at radius 3 is 2.30 bits per heavy atom. The smallest absolute Gasteiger partial charge is 0.293 e. The standard InChI is InChI=1S/C18H20N4O7S/c1-29-14-3-5-15(6-4-14)30(27,28)21-10-8-20(9-11-21)16-7-2-13(18(23)19-24)12-17(16)22(25)26/h2-7,12,24H,8-11H2,1H3,(H,19,23). The third-order valence-electron chi connectivity index (χ3n) is 4.81. The highest BCUT2D eigenvalue weighted by Crippen LogP contribution is 2.31. The lowest BCUT2D eigenvalue weighted by Gasteiger charge is -2.35. The van der Waals surface area contributed by atoms with Gasteiger partial charge in [-0.2, -0.15) is 4.31 Å². The first-order chi connectivity index (χ1) is 14.3. The van der Waals surface area contributed by atoms with Crippen molar-refractivity contribution in [1.82, 2.24) is 9.79 Å². The number of anilines is 1. The van der Waals surface area contributed by atoms with Gasteiger partial charge in [0.05, 0.1) is 16.9 Å². The second-order valence-corrected chi connectivity index (χ2v) is 8.41. The average Bonchev–Trinajstić information content (AvgIpc) is 2.78. The number of nitrogens with one attached hydrogen (secondary N) is 1. The molecular formula is C18H20N4O7S. The Labute approximate surface area is 172 Å². The van der Waals surface area contributed by atoms with E-state index in [-0.39, 0.29) is 48.0 Å². The van der Waals surface area contributed by atoms with Gasteiger partial charge in [-0.05, 0) is 36.4 Å². The number of methoxy groups -OCH3 is 1. The molecule has 30 heavy (non-hydrogen) atoms. The Balaban J connectivity index is 1.78. The van der Waals surface area contributed by atoms with Crippen molar-refractivity contribution in [3.05, 3.63) is 58.1 Å². The summed E-state index contributed by atoms with van der Waals surface area (Å²) in [5, 5.41) is 20.2. The molecule has 2 aromatic rings. The lowest BCUT2D eigenvalue weighted by Crippen LogP contribution is -2.48. The van der Waals surface area contributed by atoms with Crippen molar-refractivity contribution in [2.75, 3.05) is 38.2 Å². The molecule has 0 aromatic heterocycles. The van der Waals surface area contributed by atoms with Crippen LogP contribution >= 0.6 is 0 Å². The van der Waals surface area contributed by atoms with Gasteiger partial charge in [-0.25, -0.2) is 13.9 Å². The fourth-order valence-corrected chi connectivity index (χ4v) is 4.63. The summed E-state index contributed by atoms with van der Waals surface area (Å²) in [6.45, 7) is 0.762. The molecule has 2 aromatic carbocycles. The molecular weight excluding hydrogens is 416 g/mol. The van der Waals surface area contributed by atoms with Crippen molar-refractivity contribution in [3.63, 3.8) is 0 Å². The predicted octanol–water partition coefficient (Wildman–Crippen LogP) is 1.23. The number of benzene rings is 2. The number of nitrogens with zero attached hydrogens (tertiary/aromatic N) is 3. The summed E-state index contributed by atoms with van der Waals surface area (Å²) >= 11 is 0. The summed E-state index contributed by atoms with van der Waals surface area (Å²) in [5.41, 5.74) is 1.34. The summed E-state index contributed by atoms with van der Waals surface area (Å²) in [5.74, 6) is -0.315. The highest BCUT2D eigenvalue weighted by Gasteiger charge is 2.31. The molecule has 3 rings (SSSR count). The molecule has 0 atom stereocenters. The van der Waals surface area contributed by atoms with Crippen LogP contribution in [0.2, 0.25) is 0 Å². The highest BCUT2D eigenvalue weighted by atomic mass is 32.2. The van der Waals surface area contributed by atoms with E-state index in [0.717, 1.165) is 6.07 Å². The molecule has 0 bridgehead atoms. The number of carbonyl (C=O) groups excluding carboxylic acids is 1. The average molecular weight is 436 g/mol. The Kier molecular flexibility index (Phi) is 6.20. The van der Waals surface area contributed by atoms with Gasteiger partial charge in [-0.3, -0.25) is 20.1 Å². The first-order valence-electron chi connectivity index (χ1n) is 8.90. The zero-order chi connectivity index (χ0) is 21.9. The number of hydrogen-bond acceptors (Lipinski definition) is 8. The maximum absolute atomic E-state index is 12.8. The van der Waals surface area contributed by atoms with Crippen molar-refractivity contribution in [2.24, 2.45) is 0 Å². The number of nitro benzene ring substituents is 1. The van der Waals surface area contributed by atoms with Crippen LogP contribution in [0.1, 0.15) is 10.4 Å². The maximum atomic E-state index is 12.8. The third kappa shape index (κ3) is 4.20. The lowest BCUT2D eigenvalue weighted by atomic mass is 10.1. The molecule has 160 valence electrons. The van der Waals surface area contributed by atoms with Gasteiger partial charge < -0.3 is 9.64 Å². The summed E-state index contributed by atoms with van der Waals surface area (Å²) in [4.78, 5) is 24.2. The van der Waals surface area contributed by atoms with Crippen molar-refractivity contribution < 1.29 is 28.1 Å². The molecule has 0 radical (unpaired) electrons. The Hall–Kier alpha value is -3.22. The van der Waals surface area contributed by atoms with E-state index in [2.05, 4.69) is 0 Å². The molecule has 2 N–H and O–H groups in total. The van der Waals surface area contributed by atoms with Crippen LogP contribution in [0.5, 0.6) is 5.75 Å². The van der Waals surface area contributed by atoms with Gasteiger partial charge in [-0.15, -0.1) is 0 Å². The number of hydrogen-bond donors (Lipinski definition) is 2. The minimum absolute atomic E-state index is 0.0614. The van der Waals surface area contributed by atoms with E-state index in [1.165, 1.54) is 41.2 Å². The fourth-order valence-electron chi connectivity index (χ4n) is 3.21. The lowest BCUT2D eigenvalue weighted by molar-refractivity contribution is -0.384. The van der Waals surface area contributed by atoms with E-state index in [4.69, 9.17) is 9.94 Å².